The summed E-state index contributed by atoms with van der Waals surface area (Å²) in [6.07, 6.45) is 2.16. The lowest BCUT2D eigenvalue weighted by Crippen LogP contribution is -2.26. The molecule has 1 fully saturated rings. The fourth-order valence-corrected chi connectivity index (χ4v) is 2.33. The number of alkyl halides is 2. The summed E-state index contributed by atoms with van der Waals surface area (Å²) in [7, 11) is 3.85. The Morgan fingerprint density at radius 3 is 2.44 bits per heavy atom. The average molecular weight is 288 g/mol. The summed E-state index contributed by atoms with van der Waals surface area (Å²) in [6.45, 7) is 1.75. The second-order valence-electron chi connectivity index (χ2n) is 4.96. The molecule has 6 heteroatoms. The Hall–Kier alpha value is -1.00. The van der Waals surface area contributed by atoms with Crippen molar-refractivity contribution in [1.82, 2.24) is 4.98 Å². The zero-order valence-electron chi connectivity index (χ0n) is 10.5. The zero-order valence-corrected chi connectivity index (χ0v) is 12.0. The van der Waals surface area contributed by atoms with Crippen LogP contribution in [0.1, 0.15) is 13.3 Å². The third-order valence-electron chi connectivity index (χ3n) is 3.26. The Labute approximate surface area is 116 Å². The maximum Gasteiger partial charge on any atom is 0.234 e. The number of pyridine rings is 1. The van der Waals surface area contributed by atoms with E-state index < -0.39 is 9.75 Å². The van der Waals surface area contributed by atoms with E-state index in [9.17, 15) is 4.79 Å². The fraction of sp³-hybridized carbons (Fsp3) is 0.500. The number of rotatable bonds is 3. The highest BCUT2D eigenvalue weighted by Gasteiger charge is 2.67. The summed E-state index contributed by atoms with van der Waals surface area (Å²) in [5.41, 5.74) is 0.243. The first-order valence-corrected chi connectivity index (χ1v) is 6.34. The Morgan fingerprint density at radius 2 is 2.06 bits per heavy atom. The van der Waals surface area contributed by atoms with Gasteiger partial charge in [-0.15, -0.1) is 23.2 Å². The molecule has 98 valence electrons. The number of nitrogens with zero attached hydrogens (tertiary/aromatic N) is 2. The van der Waals surface area contributed by atoms with E-state index in [1.807, 2.05) is 25.1 Å². The molecule has 0 aromatic carbocycles. The van der Waals surface area contributed by atoms with Crippen LogP contribution in [0.5, 0.6) is 0 Å². The first kappa shape index (κ1) is 13.4. The van der Waals surface area contributed by atoms with Gasteiger partial charge in [-0.1, -0.05) is 0 Å². The van der Waals surface area contributed by atoms with Crippen LogP contribution in [0, 0.1) is 5.41 Å². The number of aromatic nitrogens is 1. The molecule has 1 N–H and O–H groups in total. The zero-order chi connectivity index (χ0) is 13.6. The van der Waals surface area contributed by atoms with Crippen molar-refractivity contribution in [2.24, 2.45) is 5.41 Å². The third-order valence-corrected chi connectivity index (χ3v) is 4.37. The molecular weight excluding hydrogens is 273 g/mol. The minimum atomic E-state index is -0.958. The van der Waals surface area contributed by atoms with E-state index in [4.69, 9.17) is 23.2 Å². The quantitative estimate of drug-likeness (QED) is 0.870. The number of carbonyl (C=O) groups is 1. The summed E-state index contributed by atoms with van der Waals surface area (Å²) in [6, 6.07) is 3.63. The van der Waals surface area contributed by atoms with Crippen LogP contribution in [-0.2, 0) is 4.79 Å². The molecule has 1 aromatic heterocycles. The third kappa shape index (κ3) is 2.27. The molecule has 4 nitrogen and oxygen atoms in total. The van der Waals surface area contributed by atoms with Crippen LogP contribution in [-0.4, -0.2) is 29.3 Å². The van der Waals surface area contributed by atoms with Crippen LogP contribution >= 0.6 is 23.2 Å². The topological polar surface area (TPSA) is 45.2 Å². The lowest BCUT2D eigenvalue weighted by molar-refractivity contribution is -0.120. The van der Waals surface area contributed by atoms with E-state index in [0.29, 0.717) is 12.2 Å². The Morgan fingerprint density at radius 1 is 1.44 bits per heavy atom. The van der Waals surface area contributed by atoms with E-state index >= 15 is 0 Å². The van der Waals surface area contributed by atoms with Crippen molar-refractivity contribution < 1.29 is 4.79 Å². The monoisotopic (exact) mass is 287 g/mol. The highest BCUT2D eigenvalue weighted by atomic mass is 35.5. The van der Waals surface area contributed by atoms with Crippen molar-refractivity contribution in [2.75, 3.05) is 24.3 Å². The number of halogens is 2. The van der Waals surface area contributed by atoms with Crippen molar-refractivity contribution in [3.63, 3.8) is 0 Å². The number of anilines is 2. The summed E-state index contributed by atoms with van der Waals surface area (Å²) in [5.74, 6) is 0.306. The molecule has 1 atom stereocenters. The van der Waals surface area contributed by atoms with Crippen LogP contribution < -0.4 is 10.2 Å². The van der Waals surface area contributed by atoms with Crippen molar-refractivity contribution in [3.05, 3.63) is 18.3 Å². The number of hydrogen-bond donors (Lipinski definition) is 1. The number of hydrogen-bond acceptors (Lipinski definition) is 3. The molecule has 1 aliphatic rings. The van der Waals surface area contributed by atoms with E-state index in [0.717, 1.165) is 5.69 Å². The first-order valence-electron chi connectivity index (χ1n) is 5.59. The Bertz CT molecular complexity index is 473. The lowest BCUT2D eigenvalue weighted by Gasteiger charge is -2.14. The van der Waals surface area contributed by atoms with Crippen molar-refractivity contribution in [3.8, 4) is 0 Å². The van der Waals surface area contributed by atoms with Gasteiger partial charge in [0.25, 0.3) is 0 Å². The molecule has 1 heterocycles. The summed E-state index contributed by atoms with van der Waals surface area (Å²) < 4.78 is -0.958. The number of nitrogens with one attached hydrogen (secondary N) is 1. The van der Waals surface area contributed by atoms with Crippen molar-refractivity contribution >= 4 is 40.6 Å². The molecule has 1 aliphatic carbocycles. The maximum absolute atomic E-state index is 12.0. The fourth-order valence-electron chi connectivity index (χ4n) is 1.63. The van der Waals surface area contributed by atoms with E-state index in [-0.39, 0.29) is 5.91 Å². The largest absolute Gasteiger partial charge is 0.376 e. The van der Waals surface area contributed by atoms with Gasteiger partial charge in [-0.25, -0.2) is 4.98 Å². The molecule has 1 unspecified atom stereocenters. The lowest BCUT2D eigenvalue weighted by atomic mass is 10.1. The maximum atomic E-state index is 12.0. The first-order chi connectivity index (χ1) is 8.26. The standard InChI is InChI=1S/C12H15Cl2N3O/c1-11(7-12(11,13)14)10(18)16-9-5-4-8(6-15-9)17(2)3/h4-6H,7H2,1-3H3,(H,15,16,18). The average Bonchev–Trinajstić information content (AvgIpc) is 2.80. The van der Waals surface area contributed by atoms with Gasteiger partial charge in [-0.05, 0) is 25.5 Å². The van der Waals surface area contributed by atoms with Gasteiger partial charge in [0.1, 0.15) is 10.2 Å². The van der Waals surface area contributed by atoms with Gasteiger partial charge in [0.05, 0.1) is 17.3 Å². The van der Waals surface area contributed by atoms with Crippen LogP contribution in [0.3, 0.4) is 0 Å². The van der Waals surface area contributed by atoms with Crippen LogP contribution in [0.25, 0.3) is 0 Å². The molecule has 0 aliphatic heterocycles. The van der Waals surface area contributed by atoms with Gasteiger partial charge in [0.15, 0.2) is 0 Å². The van der Waals surface area contributed by atoms with Gasteiger partial charge in [0, 0.05) is 14.1 Å². The van der Waals surface area contributed by atoms with Gasteiger partial charge >= 0.3 is 0 Å². The predicted octanol–water partition coefficient (Wildman–Crippen LogP) is 2.67. The molecule has 1 amide bonds. The van der Waals surface area contributed by atoms with Gasteiger partial charge in [0.2, 0.25) is 5.91 Å². The molecule has 1 saturated carbocycles. The summed E-state index contributed by atoms with van der Waals surface area (Å²) in [4.78, 5) is 18.1. The van der Waals surface area contributed by atoms with Gasteiger partial charge < -0.3 is 10.2 Å². The molecule has 0 spiro atoms. The molecule has 1 aromatic rings. The number of carbonyl (C=O) groups excluding carboxylic acids is 1. The molecule has 0 saturated heterocycles. The minimum Gasteiger partial charge on any atom is -0.376 e. The highest BCUT2D eigenvalue weighted by Crippen LogP contribution is 2.64. The van der Waals surface area contributed by atoms with Crippen LogP contribution in [0.2, 0.25) is 0 Å². The second kappa shape index (κ2) is 4.28. The van der Waals surface area contributed by atoms with E-state index in [1.165, 1.54) is 0 Å². The normalized spacial score (nSPS) is 24.5. The summed E-state index contributed by atoms with van der Waals surface area (Å²) >= 11 is 11.9. The second-order valence-corrected chi connectivity index (χ2v) is 6.45. The SMILES string of the molecule is CN(C)c1ccc(NC(=O)C2(C)CC2(Cl)Cl)nc1. The van der Waals surface area contributed by atoms with E-state index in [2.05, 4.69) is 10.3 Å². The highest BCUT2D eigenvalue weighted by molar-refractivity contribution is 6.53. The van der Waals surface area contributed by atoms with Gasteiger partial charge in [-0.2, -0.15) is 0 Å². The van der Waals surface area contributed by atoms with Gasteiger partial charge in [-0.3, -0.25) is 4.79 Å². The molecule has 18 heavy (non-hydrogen) atoms. The predicted molar refractivity (Wildman–Crippen MR) is 74.4 cm³/mol. The van der Waals surface area contributed by atoms with E-state index in [1.54, 1.807) is 19.2 Å². The molecule has 2 rings (SSSR count). The Balaban J connectivity index is 2.05. The van der Waals surface area contributed by atoms with Crippen molar-refractivity contribution in [2.45, 2.75) is 17.7 Å². The minimum absolute atomic E-state index is 0.197. The van der Waals surface area contributed by atoms with Crippen molar-refractivity contribution in [1.29, 1.82) is 0 Å². The molecular formula is C12H15Cl2N3O. The Kier molecular flexibility index (Phi) is 3.19. The summed E-state index contributed by atoms with van der Waals surface area (Å²) in [5, 5.41) is 2.73. The number of amides is 1. The van der Waals surface area contributed by atoms with Crippen LogP contribution in [0.4, 0.5) is 11.5 Å². The molecule has 0 bridgehead atoms. The molecule has 0 radical (unpaired) electrons. The smallest absolute Gasteiger partial charge is 0.234 e. The van der Waals surface area contributed by atoms with Crippen LogP contribution in [0.15, 0.2) is 18.3 Å².